The Morgan fingerprint density at radius 3 is 1.29 bits per heavy atom. The van der Waals surface area contributed by atoms with Gasteiger partial charge in [-0.1, -0.05) is 0 Å². The first kappa shape index (κ1) is 26.7. The minimum atomic E-state index is -1.83. The maximum atomic E-state index is 8.56. The van der Waals surface area contributed by atoms with Gasteiger partial charge >= 0.3 is 6.16 Å². The van der Waals surface area contributed by atoms with Crippen LogP contribution < -0.4 is 0 Å². The number of hydrogen-bond acceptors (Lipinski definition) is 7. The minimum Gasteiger partial charge on any atom is -0.450 e. The van der Waals surface area contributed by atoms with E-state index < -0.39 is 6.16 Å². The molecule has 9 heteroatoms. The predicted octanol–water partition coefficient (Wildman–Crippen LogP) is 3.73. The molecule has 0 spiro atoms. The number of rotatable bonds is 7. The normalized spacial score (nSPS) is 12.2. The molecule has 0 aromatic heterocycles. The van der Waals surface area contributed by atoms with Crippen molar-refractivity contribution in [3.8, 4) is 12.1 Å². The van der Waals surface area contributed by atoms with E-state index in [1.165, 1.54) is 0 Å². The van der Waals surface area contributed by atoms with Gasteiger partial charge < -0.3 is 10.2 Å². The summed E-state index contributed by atoms with van der Waals surface area (Å²) in [5.41, 5.74) is 0. The van der Waals surface area contributed by atoms with Crippen LogP contribution in [-0.4, -0.2) is 41.7 Å². The zero-order chi connectivity index (χ0) is 19.5. The van der Waals surface area contributed by atoms with Crippen LogP contribution in [0, 0.1) is 34.5 Å². The summed E-state index contributed by atoms with van der Waals surface area (Å²) in [6, 6.07) is 4.10. The molecule has 0 fully saturated rings. The molecule has 0 aliphatic carbocycles. The van der Waals surface area contributed by atoms with Crippen LogP contribution in [0.2, 0.25) is 0 Å². The highest BCUT2D eigenvalue weighted by Gasteiger charge is 1.98. The lowest BCUT2D eigenvalue weighted by Gasteiger charge is -2.08. The molecular formula is C15H28N4O5. The lowest BCUT2D eigenvalue weighted by molar-refractivity contribution is -0.337. The first-order valence-corrected chi connectivity index (χ1v) is 7.43. The largest absolute Gasteiger partial charge is 0.503 e. The van der Waals surface area contributed by atoms with Crippen molar-refractivity contribution in [2.45, 2.75) is 53.8 Å². The number of nitriles is 2. The third-order valence-corrected chi connectivity index (χ3v) is 1.69. The van der Waals surface area contributed by atoms with E-state index in [4.69, 9.17) is 35.3 Å². The molecule has 0 aliphatic heterocycles. The van der Waals surface area contributed by atoms with Crippen molar-refractivity contribution in [2.24, 2.45) is 22.1 Å². The van der Waals surface area contributed by atoms with E-state index in [2.05, 4.69) is 10.2 Å². The second-order valence-corrected chi connectivity index (χ2v) is 5.28. The third-order valence-electron chi connectivity index (χ3n) is 1.69. The van der Waals surface area contributed by atoms with Gasteiger partial charge in [-0.15, -0.1) is 0 Å². The zero-order valence-corrected chi connectivity index (χ0v) is 15.1. The molecule has 9 nitrogen and oxygen atoms in total. The molecule has 0 aromatic rings. The van der Waals surface area contributed by atoms with Gasteiger partial charge in [-0.2, -0.15) is 20.8 Å². The molecule has 2 atom stereocenters. The highest BCUT2D eigenvalue weighted by atomic mass is 17.2. The standard InChI is InChI=1S/C8H12N4.C6H14O2.CH2O3/c1-7(3-9)5-11-12-6-8(2)4-10;1-5(2)7-8-6(3)4;2-1(3)4/h7-8H,5-6H2,1-2H3;5-6H,1-4H3;(H2,2,3,4). The van der Waals surface area contributed by atoms with E-state index in [1.807, 2.05) is 39.8 Å². The summed E-state index contributed by atoms with van der Waals surface area (Å²) < 4.78 is 0. The van der Waals surface area contributed by atoms with Crippen molar-refractivity contribution < 1.29 is 24.8 Å². The molecule has 0 bridgehead atoms. The van der Waals surface area contributed by atoms with E-state index in [0.717, 1.165) is 0 Å². The summed E-state index contributed by atoms with van der Waals surface area (Å²) in [5, 5.41) is 38.3. The maximum absolute atomic E-state index is 8.56. The highest BCUT2D eigenvalue weighted by Crippen LogP contribution is 1.96. The Bertz CT molecular complexity index is 377. The Morgan fingerprint density at radius 1 is 0.875 bits per heavy atom. The van der Waals surface area contributed by atoms with Crippen LogP contribution in [0.3, 0.4) is 0 Å². The van der Waals surface area contributed by atoms with Crippen molar-refractivity contribution in [1.29, 1.82) is 10.5 Å². The average molecular weight is 344 g/mol. The Hall–Kier alpha value is -2.23. The fourth-order valence-electron chi connectivity index (χ4n) is 0.664. The van der Waals surface area contributed by atoms with Gasteiger partial charge in [-0.25, -0.2) is 14.6 Å². The van der Waals surface area contributed by atoms with Crippen LogP contribution in [0.15, 0.2) is 10.2 Å². The molecule has 0 saturated carbocycles. The molecule has 0 heterocycles. The van der Waals surface area contributed by atoms with Crippen LogP contribution in [0.4, 0.5) is 4.79 Å². The second-order valence-electron chi connectivity index (χ2n) is 5.28. The number of azo groups is 1. The van der Waals surface area contributed by atoms with E-state index >= 15 is 0 Å². The van der Waals surface area contributed by atoms with Gasteiger partial charge in [0, 0.05) is 0 Å². The van der Waals surface area contributed by atoms with Crippen molar-refractivity contribution in [3.63, 3.8) is 0 Å². The number of nitrogens with zero attached hydrogens (tertiary/aromatic N) is 4. The lowest BCUT2D eigenvalue weighted by atomic mass is 10.2. The number of hydrogen-bond donors (Lipinski definition) is 2. The summed E-state index contributed by atoms with van der Waals surface area (Å²) in [7, 11) is 0. The van der Waals surface area contributed by atoms with Crippen LogP contribution in [-0.2, 0) is 9.78 Å². The molecular weight excluding hydrogens is 316 g/mol. The molecule has 0 saturated heterocycles. The van der Waals surface area contributed by atoms with E-state index in [0.29, 0.717) is 13.1 Å². The summed E-state index contributed by atoms with van der Waals surface area (Å²) in [6.45, 7) is 12.2. The topological polar surface area (TPSA) is 148 Å². The van der Waals surface area contributed by atoms with Gasteiger partial charge in [-0.05, 0) is 41.5 Å². The van der Waals surface area contributed by atoms with Crippen LogP contribution in [0.25, 0.3) is 0 Å². The smallest absolute Gasteiger partial charge is 0.450 e. The maximum Gasteiger partial charge on any atom is 0.503 e. The Kier molecular flexibility index (Phi) is 20.9. The van der Waals surface area contributed by atoms with Gasteiger partial charge in [-0.3, -0.25) is 0 Å². The molecule has 2 N–H and O–H groups in total. The van der Waals surface area contributed by atoms with Gasteiger partial charge in [0.25, 0.3) is 0 Å². The van der Waals surface area contributed by atoms with Gasteiger partial charge in [0.15, 0.2) is 0 Å². The molecule has 0 aromatic carbocycles. The summed E-state index contributed by atoms with van der Waals surface area (Å²) in [4.78, 5) is 18.2. The van der Waals surface area contributed by atoms with Crippen molar-refractivity contribution in [3.05, 3.63) is 0 Å². The zero-order valence-electron chi connectivity index (χ0n) is 15.1. The van der Waals surface area contributed by atoms with Gasteiger partial charge in [0.1, 0.15) is 0 Å². The second kappa shape index (κ2) is 18.8. The molecule has 0 radical (unpaired) electrons. The van der Waals surface area contributed by atoms with Crippen molar-refractivity contribution in [2.75, 3.05) is 13.1 Å². The van der Waals surface area contributed by atoms with Crippen molar-refractivity contribution >= 4 is 6.16 Å². The average Bonchev–Trinajstić information content (AvgIpc) is 2.49. The number of carboxylic acid groups (broad SMARTS) is 2. The van der Waals surface area contributed by atoms with E-state index in [1.54, 1.807) is 13.8 Å². The van der Waals surface area contributed by atoms with Crippen molar-refractivity contribution in [1.82, 2.24) is 0 Å². The fourth-order valence-corrected chi connectivity index (χ4v) is 0.664. The summed E-state index contributed by atoms with van der Waals surface area (Å²) in [5.74, 6) is -0.183. The number of carbonyl (C=O) groups is 1. The van der Waals surface area contributed by atoms with E-state index in [9.17, 15) is 0 Å². The molecule has 24 heavy (non-hydrogen) atoms. The Labute approximate surface area is 143 Å². The highest BCUT2D eigenvalue weighted by molar-refractivity contribution is 5.53. The molecule has 0 rings (SSSR count). The predicted molar refractivity (Wildman–Crippen MR) is 87.2 cm³/mol. The Balaban J connectivity index is -0.000000316. The molecule has 0 amide bonds. The first-order chi connectivity index (χ1) is 11.1. The van der Waals surface area contributed by atoms with Gasteiger partial charge in [0.05, 0.1) is 49.3 Å². The fraction of sp³-hybridized carbons (Fsp3) is 0.800. The van der Waals surface area contributed by atoms with Crippen LogP contribution >= 0.6 is 0 Å². The summed E-state index contributed by atoms with van der Waals surface area (Å²) in [6.07, 6.45) is -1.50. The van der Waals surface area contributed by atoms with Crippen LogP contribution in [0.5, 0.6) is 0 Å². The van der Waals surface area contributed by atoms with E-state index in [-0.39, 0.29) is 24.0 Å². The minimum absolute atomic E-state index is 0.0915. The van der Waals surface area contributed by atoms with Gasteiger partial charge in [0.2, 0.25) is 0 Å². The third kappa shape index (κ3) is 36.7. The lowest BCUT2D eigenvalue weighted by Crippen LogP contribution is -2.08. The van der Waals surface area contributed by atoms with Crippen LogP contribution in [0.1, 0.15) is 41.5 Å². The monoisotopic (exact) mass is 344 g/mol. The Morgan fingerprint density at radius 2 is 1.12 bits per heavy atom. The summed E-state index contributed by atoms with van der Waals surface area (Å²) >= 11 is 0. The molecule has 0 aliphatic rings. The SMILES string of the molecule is CC(C#N)CN=NCC(C)C#N.CC(C)OOC(C)C.O=C(O)O. The quantitative estimate of drug-likeness (QED) is 0.406. The first-order valence-electron chi connectivity index (χ1n) is 7.43. The molecule has 138 valence electrons. The molecule has 2 unspecified atom stereocenters.